The van der Waals surface area contributed by atoms with Crippen LogP contribution in [0.25, 0.3) is 0 Å². The van der Waals surface area contributed by atoms with Crippen LogP contribution in [0.3, 0.4) is 0 Å². The van der Waals surface area contributed by atoms with E-state index in [9.17, 15) is 13.2 Å². The van der Waals surface area contributed by atoms with Crippen LogP contribution in [0, 0.1) is 33.6 Å². The number of amides is 1. The number of nitrogens with two attached hydrogens (primary N) is 1. The lowest BCUT2D eigenvalue weighted by Crippen LogP contribution is -2.47. The smallest absolute Gasteiger partial charge is 0.243 e. The van der Waals surface area contributed by atoms with E-state index in [-0.39, 0.29) is 17.9 Å². The van der Waals surface area contributed by atoms with E-state index < -0.39 is 10.0 Å². The summed E-state index contributed by atoms with van der Waals surface area (Å²) in [5.41, 5.74) is 9.25. The molecule has 1 aromatic carbocycles. The molecule has 1 atom stereocenters. The van der Waals surface area contributed by atoms with Crippen LogP contribution in [0.1, 0.15) is 42.0 Å². The van der Waals surface area contributed by atoms with Crippen LogP contribution in [-0.4, -0.2) is 56.3 Å². The number of piperidine rings is 1. The molecule has 0 spiro atoms. The molecule has 0 bridgehead atoms. The average molecular weight is 396 g/mol. The first-order valence-electron chi connectivity index (χ1n) is 9.56. The van der Waals surface area contributed by atoms with Gasteiger partial charge in [-0.3, -0.25) is 4.79 Å². The zero-order valence-electron chi connectivity index (χ0n) is 17.4. The van der Waals surface area contributed by atoms with Gasteiger partial charge in [-0.15, -0.1) is 0 Å². The van der Waals surface area contributed by atoms with E-state index in [1.54, 1.807) is 11.9 Å². The fraction of sp³-hybridized carbons (Fsp3) is 0.650. The van der Waals surface area contributed by atoms with E-state index in [0.29, 0.717) is 37.4 Å². The molecule has 27 heavy (non-hydrogen) atoms. The maximum absolute atomic E-state index is 13.3. The van der Waals surface area contributed by atoms with Gasteiger partial charge in [0.1, 0.15) is 0 Å². The van der Waals surface area contributed by atoms with Gasteiger partial charge < -0.3 is 10.6 Å². The molecule has 7 heteroatoms. The molecule has 1 unspecified atom stereocenters. The number of rotatable bonds is 5. The topological polar surface area (TPSA) is 83.7 Å². The molecular formula is C20H33N3O3S. The highest BCUT2D eigenvalue weighted by Gasteiger charge is 2.35. The van der Waals surface area contributed by atoms with E-state index in [1.807, 2.05) is 40.7 Å². The Kier molecular flexibility index (Phi) is 6.71. The highest BCUT2D eigenvalue weighted by atomic mass is 32.2. The Hall–Kier alpha value is -1.44. The van der Waals surface area contributed by atoms with E-state index >= 15 is 0 Å². The first-order valence-corrected chi connectivity index (χ1v) is 11.0. The third-order valence-corrected chi connectivity index (χ3v) is 8.22. The summed E-state index contributed by atoms with van der Waals surface area (Å²) >= 11 is 0. The van der Waals surface area contributed by atoms with Crippen molar-refractivity contribution < 1.29 is 13.2 Å². The summed E-state index contributed by atoms with van der Waals surface area (Å²) in [6, 6.07) is 2.02. The predicted octanol–water partition coefficient (Wildman–Crippen LogP) is 2.13. The van der Waals surface area contributed by atoms with Crippen molar-refractivity contribution in [3.05, 3.63) is 28.3 Å². The third-order valence-electron chi connectivity index (χ3n) is 6.05. The van der Waals surface area contributed by atoms with Crippen LogP contribution in [-0.2, 0) is 14.8 Å². The van der Waals surface area contributed by atoms with Crippen molar-refractivity contribution in [1.29, 1.82) is 0 Å². The van der Waals surface area contributed by atoms with Gasteiger partial charge in [-0.1, -0.05) is 6.07 Å². The summed E-state index contributed by atoms with van der Waals surface area (Å²) in [6.45, 7) is 10.7. The number of hydrogen-bond donors (Lipinski definition) is 1. The van der Waals surface area contributed by atoms with Crippen LogP contribution < -0.4 is 5.73 Å². The minimum atomic E-state index is -3.57. The molecule has 2 N–H and O–H groups in total. The molecule has 0 radical (unpaired) electrons. The van der Waals surface area contributed by atoms with E-state index in [0.717, 1.165) is 22.3 Å². The maximum atomic E-state index is 13.3. The highest BCUT2D eigenvalue weighted by molar-refractivity contribution is 7.89. The van der Waals surface area contributed by atoms with E-state index in [4.69, 9.17) is 5.73 Å². The fourth-order valence-electron chi connectivity index (χ4n) is 3.70. The molecular weight excluding hydrogens is 362 g/mol. The Morgan fingerprint density at radius 1 is 1.19 bits per heavy atom. The summed E-state index contributed by atoms with van der Waals surface area (Å²) in [5.74, 6) is -0.0827. The van der Waals surface area contributed by atoms with Crippen molar-refractivity contribution in [2.75, 3.05) is 26.7 Å². The minimum Gasteiger partial charge on any atom is -0.342 e. The van der Waals surface area contributed by atoms with Crippen molar-refractivity contribution in [2.24, 2.45) is 11.7 Å². The minimum absolute atomic E-state index is 0.0140. The number of aryl methyl sites for hydroxylation is 2. The molecule has 1 aliphatic heterocycles. The molecule has 1 fully saturated rings. The molecule has 2 rings (SSSR count). The maximum Gasteiger partial charge on any atom is 0.243 e. The number of benzene rings is 1. The van der Waals surface area contributed by atoms with Gasteiger partial charge in [0.2, 0.25) is 15.9 Å². The second kappa shape index (κ2) is 8.29. The number of sulfonamides is 1. The Balaban J connectivity index is 2.20. The van der Waals surface area contributed by atoms with Gasteiger partial charge in [-0.05, 0) is 69.7 Å². The molecule has 1 amide bonds. The van der Waals surface area contributed by atoms with Gasteiger partial charge in [-0.2, -0.15) is 4.31 Å². The lowest BCUT2D eigenvalue weighted by Gasteiger charge is -2.34. The van der Waals surface area contributed by atoms with Crippen LogP contribution in [0.15, 0.2) is 11.0 Å². The molecule has 0 aliphatic carbocycles. The monoisotopic (exact) mass is 395 g/mol. The SMILES string of the molecule is Cc1cc(C)c(C)c(S(=O)(=O)N2CCC(C(=O)N(C)C(C)CN)CC2)c1C. The zero-order valence-corrected chi connectivity index (χ0v) is 18.2. The number of likely N-dealkylation sites (N-methyl/N-ethyl adjacent to an activating group) is 1. The summed E-state index contributed by atoms with van der Waals surface area (Å²) in [7, 11) is -1.80. The fourth-order valence-corrected chi connectivity index (χ4v) is 5.75. The largest absolute Gasteiger partial charge is 0.342 e. The summed E-state index contributed by atoms with van der Waals surface area (Å²) in [4.78, 5) is 14.7. The van der Waals surface area contributed by atoms with Crippen molar-refractivity contribution in [3.8, 4) is 0 Å². The molecule has 1 aromatic rings. The van der Waals surface area contributed by atoms with Crippen LogP contribution >= 0.6 is 0 Å². The molecule has 6 nitrogen and oxygen atoms in total. The molecule has 1 heterocycles. The molecule has 0 saturated carbocycles. The van der Waals surface area contributed by atoms with Gasteiger partial charge in [0, 0.05) is 38.6 Å². The second-order valence-electron chi connectivity index (χ2n) is 7.80. The molecule has 0 aromatic heterocycles. The van der Waals surface area contributed by atoms with Crippen molar-refractivity contribution in [1.82, 2.24) is 9.21 Å². The molecule has 1 saturated heterocycles. The number of carbonyl (C=O) groups is 1. The Bertz CT molecular complexity index is 786. The molecule has 1 aliphatic rings. The second-order valence-corrected chi connectivity index (χ2v) is 9.68. The summed E-state index contributed by atoms with van der Waals surface area (Å²) in [5, 5.41) is 0. The summed E-state index contributed by atoms with van der Waals surface area (Å²) < 4.78 is 28.2. The number of nitrogens with zero attached hydrogens (tertiary/aromatic N) is 2. The normalized spacial score (nSPS) is 17.7. The van der Waals surface area contributed by atoms with Crippen molar-refractivity contribution in [3.63, 3.8) is 0 Å². The number of carbonyl (C=O) groups excluding carboxylic acids is 1. The number of hydrogen-bond acceptors (Lipinski definition) is 4. The first kappa shape index (κ1) is 21.9. The van der Waals surface area contributed by atoms with Crippen molar-refractivity contribution >= 4 is 15.9 Å². The Morgan fingerprint density at radius 3 is 2.11 bits per heavy atom. The average Bonchev–Trinajstić information content (AvgIpc) is 2.64. The first-order chi connectivity index (χ1) is 12.5. The van der Waals surface area contributed by atoms with E-state index in [2.05, 4.69) is 0 Å². The molecule has 152 valence electrons. The van der Waals surface area contributed by atoms with Crippen LogP contribution in [0.4, 0.5) is 0 Å². The Morgan fingerprint density at radius 2 is 1.67 bits per heavy atom. The van der Waals surface area contributed by atoms with Crippen LogP contribution in [0.5, 0.6) is 0 Å². The van der Waals surface area contributed by atoms with Crippen LogP contribution in [0.2, 0.25) is 0 Å². The van der Waals surface area contributed by atoms with Gasteiger partial charge in [-0.25, -0.2) is 8.42 Å². The zero-order chi connectivity index (χ0) is 20.5. The lowest BCUT2D eigenvalue weighted by molar-refractivity contribution is -0.137. The van der Waals surface area contributed by atoms with Gasteiger partial charge >= 0.3 is 0 Å². The van der Waals surface area contributed by atoms with Gasteiger partial charge in [0.25, 0.3) is 0 Å². The Labute approximate surface area is 163 Å². The third kappa shape index (κ3) is 4.20. The predicted molar refractivity (Wildman–Crippen MR) is 108 cm³/mol. The highest BCUT2D eigenvalue weighted by Crippen LogP contribution is 2.31. The quantitative estimate of drug-likeness (QED) is 0.828. The van der Waals surface area contributed by atoms with Gasteiger partial charge in [0.05, 0.1) is 4.90 Å². The van der Waals surface area contributed by atoms with E-state index in [1.165, 1.54) is 4.31 Å². The standard InChI is InChI=1S/C20H33N3O3S/c1-13-11-14(2)17(5)19(16(13)4)27(25,26)23-9-7-18(8-10-23)20(24)22(6)15(3)12-21/h11,15,18H,7-10,12,21H2,1-6H3. The lowest BCUT2D eigenvalue weighted by atomic mass is 9.96. The van der Waals surface area contributed by atoms with Crippen molar-refractivity contribution in [2.45, 2.75) is 58.4 Å². The van der Waals surface area contributed by atoms with Gasteiger partial charge in [0.15, 0.2) is 0 Å². The summed E-state index contributed by atoms with van der Waals surface area (Å²) in [6.07, 6.45) is 1.09.